The number of hydrogen-bond acceptors (Lipinski definition) is 7. The molecular weight excluding hydrogens is 521 g/mol. The van der Waals surface area contributed by atoms with Crippen molar-refractivity contribution in [2.45, 2.75) is 103 Å². The normalized spacial score (nSPS) is 22.2. The van der Waals surface area contributed by atoms with Gasteiger partial charge in [-0.1, -0.05) is 27.7 Å². The first kappa shape index (κ1) is 30.7. The topological polar surface area (TPSA) is 111 Å². The van der Waals surface area contributed by atoms with Crippen LogP contribution >= 0.6 is 0 Å². The van der Waals surface area contributed by atoms with Crippen molar-refractivity contribution in [2.75, 3.05) is 6.61 Å². The molecule has 0 saturated carbocycles. The minimum absolute atomic E-state index is 0.00238. The van der Waals surface area contributed by atoms with Crippen molar-refractivity contribution in [2.24, 2.45) is 5.92 Å². The predicted octanol–water partition coefficient (Wildman–Crippen LogP) is 3.78. The quantitative estimate of drug-likeness (QED) is 0.226. The average Bonchev–Trinajstić information content (AvgIpc) is 3.04. The molecule has 1 aromatic rings. The van der Waals surface area contributed by atoms with Gasteiger partial charge in [0.05, 0.1) is 18.6 Å². The van der Waals surface area contributed by atoms with Crippen LogP contribution in [0.4, 0.5) is 13.2 Å². The van der Waals surface area contributed by atoms with Gasteiger partial charge in [0.25, 0.3) is 0 Å². The van der Waals surface area contributed by atoms with E-state index < -0.39 is 23.9 Å². The van der Waals surface area contributed by atoms with Crippen molar-refractivity contribution in [1.82, 2.24) is 4.57 Å². The SMILES string of the molecule is Cc1c[n+]2c(n(C(C)C)c1=O)O[C@H]1C[C@H]2O[C@@H]1CO[Si](C)(C)C(C)(C)C(C)C.O=S(=O)([O-])C(F)(F)F. The molecule has 1 saturated heterocycles. The zero-order valence-electron chi connectivity index (χ0n) is 22.2. The summed E-state index contributed by atoms with van der Waals surface area (Å²) in [7, 11) is -8.02. The van der Waals surface area contributed by atoms with Crippen LogP contribution in [0.5, 0.6) is 6.01 Å². The molecule has 14 heteroatoms. The van der Waals surface area contributed by atoms with Crippen molar-refractivity contribution in [1.29, 1.82) is 0 Å². The Morgan fingerprint density at radius 1 is 1.25 bits per heavy atom. The monoisotopic (exact) mass is 558 g/mol. The van der Waals surface area contributed by atoms with E-state index in [2.05, 4.69) is 40.8 Å². The largest absolute Gasteiger partial charge is 0.741 e. The van der Waals surface area contributed by atoms with Gasteiger partial charge in [-0.3, -0.25) is 0 Å². The van der Waals surface area contributed by atoms with Crippen LogP contribution in [-0.4, -0.2) is 50.2 Å². The van der Waals surface area contributed by atoms with Gasteiger partial charge in [-0.15, -0.1) is 0 Å². The molecular formula is C22H37F3N2O7SSi. The van der Waals surface area contributed by atoms with Gasteiger partial charge in [0.1, 0.15) is 24.4 Å². The van der Waals surface area contributed by atoms with E-state index in [1.165, 1.54) is 0 Å². The van der Waals surface area contributed by atoms with Gasteiger partial charge in [-0.2, -0.15) is 22.3 Å². The van der Waals surface area contributed by atoms with E-state index in [1.807, 2.05) is 31.5 Å². The number of aromatic nitrogens is 2. The van der Waals surface area contributed by atoms with Crippen LogP contribution in [0.15, 0.2) is 11.0 Å². The molecule has 3 heterocycles. The van der Waals surface area contributed by atoms with Gasteiger partial charge in [0.2, 0.25) is 6.23 Å². The second kappa shape index (κ2) is 10.3. The summed E-state index contributed by atoms with van der Waals surface area (Å²) in [6.07, 6.45) is 2.35. The minimum Gasteiger partial charge on any atom is -0.741 e. The van der Waals surface area contributed by atoms with Crippen molar-refractivity contribution < 1.29 is 44.6 Å². The molecule has 36 heavy (non-hydrogen) atoms. The number of fused-ring (bicyclic) bond motifs is 4. The first-order chi connectivity index (χ1) is 16.1. The molecule has 0 aliphatic carbocycles. The van der Waals surface area contributed by atoms with Crippen LogP contribution in [0.3, 0.4) is 0 Å². The lowest BCUT2D eigenvalue weighted by molar-refractivity contribution is -0.770. The lowest BCUT2D eigenvalue weighted by Crippen LogP contribution is -2.51. The Balaban J connectivity index is 0.000000493. The Hall–Kier alpha value is -1.48. The van der Waals surface area contributed by atoms with Crippen LogP contribution in [0, 0.1) is 12.8 Å². The minimum atomic E-state index is -6.09. The molecule has 0 spiro atoms. The molecule has 0 radical (unpaired) electrons. The summed E-state index contributed by atoms with van der Waals surface area (Å²) in [6.45, 7) is 20.1. The molecule has 2 bridgehead atoms. The van der Waals surface area contributed by atoms with E-state index in [1.54, 1.807) is 4.57 Å². The van der Waals surface area contributed by atoms with Gasteiger partial charge in [-0.25, -0.2) is 13.2 Å². The Kier molecular flexibility index (Phi) is 8.84. The van der Waals surface area contributed by atoms with Crippen LogP contribution in [-0.2, 0) is 19.3 Å². The molecule has 2 aliphatic rings. The Labute approximate surface area is 211 Å². The number of alkyl halides is 3. The van der Waals surface area contributed by atoms with Gasteiger partial charge >= 0.3 is 17.1 Å². The zero-order valence-corrected chi connectivity index (χ0v) is 24.0. The molecule has 1 fully saturated rings. The summed E-state index contributed by atoms with van der Waals surface area (Å²) >= 11 is 0. The number of hydrogen-bond donors (Lipinski definition) is 0. The van der Waals surface area contributed by atoms with E-state index in [-0.39, 0.29) is 35.1 Å². The predicted molar refractivity (Wildman–Crippen MR) is 127 cm³/mol. The second-order valence-electron chi connectivity index (χ2n) is 10.9. The molecule has 0 N–H and O–H groups in total. The van der Waals surface area contributed by atoms with Crippen molar-refractivity contribution >= 4 is 18.4 Å². The van der Waals surface area contributed by atoms with Gasteiger partial charge < -0.3 is 18.5 Å². The smallest absolute Gasteiger partial charge is 0.485 e. The Bertz CT molecular complexity index is 1120. The third-order valence-corrected chi connectivity index (χ3v) is 12.6. The Morgan fingerprint density at radius 2 is 1.78 bits per heavy atom. The number of ether oxygens (including phenoxy) is 2. The highest BCUT2D eigenvalue weighted by Gasteiger charge is 2.50. The molecule has 0 amide bonds. The van der Waals surface area contributed by atoms with Crippen LogP contribution < -0.4 is 14.9 Å². The lowest BCUT2D eigenvalue weighted by Gasteiger charge is -2.43. The van der Waals surface area contributed by atoms with Crippen LogP contribution in [0.25, 0.3) is 0 Å². The third-order valence-electron chi connectivity index (χ3n) is 7.47. The average molecular weight is 559 g/mol. The van der Waals surface area contributed by atoms with E-state index in [0.717, 1.165) is 6.42 Å². The number of nitrogens with zero attached hydrogens (tertiary/aromatic N) is 2. The summed E-state index contributed by atoms with van der Waals surface area (Å²) < 4.78 is 81.8. The second-order valence-corrected chi connectivity index (χ2v) is 16.9. The van der Waals surface area contributed by atoms with Crippen LogP contribution in [0.2, 0.25) is 18.1 Å². The standard InChI is InChI=1S/C21H37N2O4Si.CHF3O3S/c1-13(2)21(6,7)28(8,9)25-12-17-16-10-18(26-17)22-11-15(5)19(24)23(14(3)4)20(22)27-16;2-1(3,4)8(5,6)7/h11,13-14,16-18H,10,12H2,1-9H3;(H,5,6,7)/q+1;/p-1/t16-,17+,18+;/m0./s1. The lowest BCUT2D eigenvalue weighted by atomic mass is 9.99. The van der Waals surface area contributed by atoms with Gasteiger partial charge in [0.15, 0.2) is 18.4 Å². The fourth-order valence-electron chi connectivity index (χ4n) is 3.95. The maximum atomic E-state index is 12.6. The van der Waals surface area contributed by atoms with E-state index in [4.69, 9.17) is 26.9 Å². The maximum absolute atomic E-state index is 12.6. The van der Waals surface area contributed by atoms with E-state index in [9.17, 15) is 18.0 Å². The fourth-order valence-corrected chi connectivity index (χ4v) is 6.30. The summed E-state index contributed by atoms with van der Waals surface area (Å²) in [5, 5.41) is 0.161. The Morgan fingerprint density at radius 3 is 2.22 bits per heavy atom. The van der Waals surface area contributed by atoms with Crippen molar-refractivity contribution in [3.63, 3.8) is 0 Å². The van der Waals surface area contributed by atoms with Gasteiger partial charge in [0, 0.05) is 0 Å². The van der Waals surface area contributed by atoms with Crippen molar-refractivity contribution in [3.05, 3.63) is 22.1 Å². The number of rotatable bonds is 6. The summed E-state index contributed by atoms with van der Waals surface area (Å²) in [6, 6.07) is 0.632. The molecule has 3 rings (SSSR count). The maximum Gasteiger partial charge on any atom is 0.485 e. The highest BCUT2D eigenvalue weighted by Crippen LogP contribution is 2.45. The zero-order chi connectivity index (χ0) is 28.0. The van der Waals surface area contributed by atoms with Crippen molar-refractivity contribution in [3.8, 4) is 6.01 Å². The fraction of sp³-hybridized carbons (Fsp3) is 0.818. The first-order valence-electron chi connectivity index (χ1n) is 11.8. The molecule has 208 valence electrons. The molecule has 0 unspecified atom stereocenters. The summed E-state index contributed by atoms with van der Waals surface area (Å²) in [5.41, 5.74) is -4.94. The molecule has 0 aromatic carbocycles. The molecule has 9 nitrogen and oxygen atoms in total. The summed E-state index contributed by atoms with van der Waals surface area (Å²) in [4.78, 5) is 12.6. The number of aryl methyl sites for hydroxylation is 1. The molecule has 1 aromatic heterocycles. The molecule has 2 aliphatic heterocycles. The highest BCUT2D eigenvalue weighted by atomic mass is 32.2. The van der Waals surface area contributed by atoms with E-state index in [0.29, 0.717) is 24.1 Å². The number of halogens is 3. The third kappa shape index (κ3) is 6.14. The summed E-state index contributed by atoms with van der Waals surface area (Å²) in [5.74, 6) is 0.553. The van der Waals surface area contributed by atoms with Crippen LogP contribution in [0.1, 0.15) is 65.8 Å². The highest BCUT2D eigenvalue weighted by molar-refractivity contribution is 7.86. The first-order valence-corrected chi connectivity index (χ1v) is 16.1. The molecule has 3 atom stereocenters. The van der Waals surface area contributed by atoms with Gasteiger partial charge in [-0.05, 0) is 44.8 Å². The van der Waals surface area contributed by atoms with E-state index >= 15 is 0 Å².